The van der Waals surface area contributed by atoms with Gasteiger partial charge >= 0.3 is 0 Å². The molecule has 72 valence electrons. The van der Waals surface area contributed by atoms with Crippen LogP contribution in [-0.4, -0.2) is 36.9 Å². The summed E-state index contributed by atoms with van der Waals surface area (Å²) in [6.45, 7) is 4.14. The molecule has 1 fully saturated rings. The topological polar surface area (TPSA) is 20.3 Å². The molecular weight excluding hydrogens is 189 g/mol. The third kappa shape index (κ3) is 2.51. The van der Waals surface area contributed by atoms with Crippen LogP contribution in [0.2, 0.25) is 0 Å². The molecule has 4 heteroatoms. The van der Waals surface area contributed by atoms with Gasteiger partial charge in [-0.15, -0.1) is 12.2 Å². The Bertz CT molecular complexity index is 189. The van der Waals surface area contributed by atoms with Crippen LogP contribution in [-0.2, 0) is 4.57 Å². The summed E-state index contributed by atoms with van der Waals surface area (Å²) in [5.74, 6) is 0. The summed E-state index contributed by atoms with van der Waals surface area (Å²) < 4.78 is 11.9. The first kappa shape index (κ1) is 10.6. The summed E-state index contributed by atoms with van der Waals surface area (Å²) in [6, 6.07) is 0. The van der Waals surface area contributed by atoms with Gasteiger partial charge in [-0.1, -0.05) is 6.92 Å². The Labute approximate surface area is 80.2 Å². The highest BCUT2D eigenvalue weighted by Gasteiger charge is 2.29. The van der Waals surface area contributed by atoms with E-state index in [0.717, 1.165) is 32.1 Å². The predicted molar refractivity (Wildman–Crippen MR) is 57.7 cm³/mol. The lowest BCUT2D eigenvalue weighted by Crippen LogP contribution is -2.32. The van der Waals surface area contributed by atoms with E-state index in [0.29, 0.717) is 5.66 Å². The van der Waals surface area contributed by atoms with Gasteiger partial charge in [-0.05, 0) is 33.0 Å². The van der Waals surface area contributed by atoms with Crippen LogP contribution in [0.1, 0.15) is 19.8 Å². The Morgan fingerprint density at radius 1 is 1.50 bits per heavy atom. The van der Waals surface area contributed by atoms with Crippen molar-refractivity contribution in [2.75, 3.05) is 26.3 Å². The monoisotopic (exact) mass is 207 g/mol. The standard InChI is InChI=1S/C8H18NOPS/c1-3-11(10,12)8-4-6-9(2)7-5-8/h8H,3-7H2,1-2H3,(H,10,12). The van der Waals surface area contributed by atoms with Crippen molar-refractivity contribution in [2.24, 2.45) is 0 Å². The first-order valence-corrected chi connectivity index (χ1v) is 7.67. The Balaban J connectivity index is 2.50. The maximum absolute atomic E-state index is 11.9. The maximum Gasteiger partial charge on any atom is 0.139 e. The fraction of sp³-hybridized carbons (Fsp3) is 1.00. The summed E-state index contributed by atoms with van der Waals surface area (Å²) in [7, 11) is 2.12. The fourth-order valence-corrected chi connectivity index (χ4v) is 3.90. The summed E-state index contributed by atoms with van der Waals surface area (Å²) in [4.78, 5) is 2.29. The molecule has 1 aliphatic heterocycles. The molecule has 0 aromatic heterocycles. The van der Waals surface area contributed by atoms with Crippen LogP contribution in [0.5, 0.6) is 0 Å². The average molecular weight is 207 g/mol. The zero-order valence-electron chi connectivity index (χ0n) is 7.86. The minimum absolute atomic E-state index is 0.377. The molecule has 0 aromatic carbocycles. The highest BCUT2D eigenvalue weighted by Crippen LogP contribution is 2.57. The largest absolute Gasteiger partial charge is 0.312 e. The minimum Gasteiger partial charge on any atom is -0.312 e. The van der Waals surface area contributed by atoms with E-state index < -0.39 is 6.34 Å². The van der Waals surface area contributed by atoms with Gasteiger partial charge in [0.15, 0.2) is 0 Å². The van der Waals surface area contributed by atoms with Crippen LogP contribution < -0.4 is 0 Å². The second-order valence-electron chi connectivity index (χ2n) is 3.61. The SMILES string of the molecule is CCP(=O)(S)C1CCN(C)CC1. The summed E-state index contributed by atoms with van der Waals surface area (Å²) >= 11 is 4.30. The highest BCUT2D eigenvalue weighted by molar-refractivity contribution is 8.48. The molecular formula is C8H18NOPS. The lowest BCUT2D eigenvalue weighted by atomic mass is 10.1. The third-order valence-corrected chi connectivity index (χ3v) is 7.10. The lowest BCUT2D eigenvalue weighted by Gasteiger charge is -2.31. The smallest absolute Gasteiger partial charge is 0.139 e. The third-order valence-electron chi connectivity index (χ3n) is 2.71. The van der Waals surface area contributed by atoms with E-state index in [2.05, 4.69) is 24.2 Å². The molecule has 2 nitrogen and oxygen atoms in total. The molecule has 0 spiro atoms. The number of hydrogen-bond acceptors (Lipinski definition) is 2. The Kier molecular flexibility index (Phi) is 3.69. The number of likely N-dealkylation sites (tertiary alicyclic amines) is 1. The molecule has 1 saturated heterocycles. The molecule has 0 N–H and O–H groups in total. The molecule has 1 atom stereocenters. The van der Waals surface area contributed by atoms with Crippen molar-refractivity contribution in [2.45, 2.75) is 25.4 Å². The summed E-state index contributed by atoms with van der Waals surface area (Å²) in [6.07, 6.45) is 0.754. The van der Waals surface area contributed by atoms with Gasteiger partial charge in [0.25, 0.3) is 0 Å². The van der Waals surface area contributed by atoms with E-state index in [9.17, 15) is 4.57 Å². The molecule has 0 bridgehead atoms. The first-order chi connectivity index (χ1) is 5.56. The van der Waals surface area contributed by atoms with Crippen LogP contribution in [0.3, 0.4) is 0 Å². The minimum atomic E-state index is -2.11. The van der Waals surface area contributed by atoms with Gasteiger partial charge < -0.3 is 9.46 Å². The number of thiol groups is 1. The number of nitrogens with zero attached hydrogens (tertiary/aromatic N) is 1. The van der Waals surface area contributed by atoms with Gasteiger partial charge in [-0.2, -0.15) is 0 Å². The van der Waals surface area contributed by atoms with Crippen LogP contribution in [0, 0.1) is 0 Å². The molecule has 1 unspecified atom stereocenters. The van der Waals surface area contributed by atoms with Crippen molar-refractivity contribution in [1.82, 2.24) is 4.90 Å². The van der Waals surface area contributed by atoms with Gasteiger partial charge in [0.05, 0.1) is 0 Å². The van der Waals surface area contributed by atoms with Crippen LogP contribution >= 0.6 is 18.6 Å². The van der Waals surface area contributed by atoms with Crippen molar-refractivity contribution in [3.8, 4) is 0 Å². The molecule has 0 aliphatic carbocycles. The van der Waals surface area contributed by atoms with Gasteiger partial charge in [0.1, 0.15) is 6.34 Å². The van der Waals surface area contributed by atoms with Gasteiger partial charge in [0.2, 0.25) is 0 Å². The molecule has 0 aromatic rings. The van der Waals surface area contributed by atoms with E-state index in [1.807, 2.05) is 6.92 Å². The Morgan fingerprint density at radius 2 is 2.00 bits per heavy atom. The van der Waals surface area contributed by atoms with E-state index in [-0.39, 0.29) is 0 Å². The van der Waals surface area contributed by atoms with Crippen LogP contribution in [0.25, 0.3) is 0 Å². The second kappa shape index (κ2) is 4.17. The zero-order chi connectivity index (χ0) is 9.19. The molecule has 12 heavy (non-hydrogen) atoms. The van der Waals surface area contributed by atoms with Crippen molar-refractivity contribution < 1.29 is 4.57 Å². The number of piperidine rings is 1. The quantitative estimate of drug-likeness (QED) is 0.554. The molecule has 0 saturated carbocycles. The lowest BCUT2D eigenvalue weighted by molar-refractivity contribution is 0.278. The maximum atomic E-state index is 11.9. The molecule has 1 aliphatic rings. The Hall–Kier alpha value is 0.540. The van der Waals surface area contributed by atoms with Gasteiger partial charge in [-0.3, -0.25) is 0 Å². The van der Waals surface area contributed by atoms with Crippen molar-refractivity contribution in [3.05, 3.63) is 0 Å². The molecule has 0 amide bonds. The van der Waals surface area contributed by atoms with Crippen molar-refractivity contribution >= 4 is 18.6 Å². The number of rotatable bonds is 2. The second-order valence-corrected chi connectivity index (χ2v) is 8.51. The number of hydrogen-bond donors (Lipinski definition) is 1. The molecule has 0 radical (unpaired) electrons. The molecule has 1 heterocycles. The first-order valence-electron chi connectivity index (χ1n) is 4.56. The van der Waals surface area contributed by atoms with Crippen molar-refractivity contribution in [3.63, 3.8) is 0 Å². The van der Waals surface area contributed by atoms with Gasteiger partial charge in [-0.25, -0.2) is 0 Å². The zero-order valence-corrected chi connectivity index (χ0v) is 9.65. The van der Waals surface area contributed by atoms with Gasteiger partial charge in [0, 0.05) is 11.8 Å². The van der Waals surface area contributed by atoms with Crippen LogP contribution in [0.15, 0.2) is 0 Å². The summed E-state index contributed by atoms with van der Waals surface area (Å²) in [5, 5.41) is 0. The van der Waals surface area contributed by atoms with Crippen LogP contribution in [0.4, 0.5) is 0 Å². The van der Waals surface area contributed by atoms with E-state index in [1.165, 1.54) is 0 Å². The van der Waals surface area contributed by atoms with E-state index in [4.69, 9.17) is 0 Å². The Morgan fingerprint density at radius 3 is 2.42 bits per heavy atom. The highest BCUT2D eigenvalue weighted by atomic mass is 32.7. The summed E-state index contributed by atoms with van der Waals surface area (Å²) in [5.41, 5.74) is 0.377. The van der Waals surface area contributed by atoms with Crippen molar-refractivity contribution in [1.29, 1.82) is 0 Å². The predicted octanol–water partition coefficient (Wildman–Crippen LogP) is 2.31. The van der Waals surface area contributed by atoms with E-state index in [1.54, 1.807) is 0 Å². The van der Waals surface area contributed by atoms with E-state index >= 15 is 0 Å². The normalized spacial score (nSPS) is 26.9. The average Bonchev–Trinajstić information content (AvgIpc) is 2.05. The molecule has 1 rings (SSSR count). The fourth-order valence-electron chi connectivity index (χ4n) is 1.66.